The molecule has 100 valence electrons. The number of aryl methyl sites for hydroxylation is 1. The first kappa shape index (κ1) is 13.7. The van der Waals surface area contributed by atoms with Gasteiger partial charge >= 0.3 is 0 Å². The monoisotopic (exact) mass is 266 g/mol. The molecule has 1 heterocycles. The molecule has 3 heteroatoms. The molecule has 0 amide bonds. The molecule has 0 radical (unpaired) electrons. The van der Waals surface area contributed by atoms with Crippen LogP contribution in [-0.2, 0) is 5.88 Å². The van der Waals surface area contributed by atoms with Crippen LogP contribution < -0.4 is 4.90 Å². The molecule has 0 spiro atoms. The average molecular weight is 267 g/mol. The van der Waals surface area contributed by atoms with Gasteiger partial charge < -0.3 is 9.80 Å². The number of hydrogen-bond donors (Lipinski definition) is 0. The normalized spacial score (nSPS) is 16.2. The zero-order valence-corrected chi connectivity index (χ0v) is 12.2. The van der Waals surface area contributed by atoms with Crippen molar-refractivity contribution >= 4 is 17.3 Å². The van der Waals surface area contributed by atoms with Crippen LogP contribution in [0, 0.1) is 6.92 Å². The minimum atomic E-state index is 0.588. The highest BCUT2D eigenvalue weighted by Gasteiger charge is 2.13. The summed E-state index contributed by atoms with van der Waals surface area (Å²) in [7, 11) is 2.16. The molecule has 0 N–H and O–H groups in total. The van der Waals surface area contributed by atoms with Crippen LogP contribution in [0.15, 0.2) is 18.2 Å². The van der Waals surface area contributed by atoms with Gasteiger partial charge in [0.15, 0.2) is 0 Å². The van der Waals surface area contributed by atoms with Crippen molar-refractivity contribution in [3.05, 3.63) is 29.3 Å². The lowest BCUT2D eigenvalue weighted by molar-refractivity contribution is 0.346. The zero-order chi connectivity index (χ0) is 13.0. The Balaban J connectivity index is 1.96. The van der Waals surface area contributed by atoms with E-state index in [0.717, 1.165) is 13.1 Å². The van der Waals surface area contributed by atoms with Crippen LogP contribution in [0.5, 0.6) is 0 Å². The fourth-order valence-corrected chi connectivity index (χ4v) is 2.83. The molecule has 1 aliphatic heterocycles. The van der Waals surface area contributed by atoms with Crippen LogP contribution >= 0.6 is 11.6 Å². The lowest BCUT2D eigenvalue weighted by Crippen LogP contribution is -2.31. The zero-order valence-electron chi connectivity index (χ0n) is 11.5. The van der Waals surface area contributed by atoms with Crippen molar-refractivity contribution < 1.29 is 0 Å². The van der Waals surface area contributed by atoms with Crippen LogP contribution in [0.4, 0.5) is 5.69 Å². The van der Waals surface area contributed by atoms with Gasteiger partial charge in [0.2, 0.25) is 0 Å². The van der Waals surface area contributed by atoms with E-state index < -0.39 is 0 Å². The second-order valence-corrected chi connectivity index (χ2v) is 5.50. The first-order valence-electron chi connectivity index (χ1n) is 6.79. The molecule has 0 atom stereocenters. The summed E-state index contributed by atoms with van der Waals surface area (Å²) >= 11 is 6.04. The number of alkyl halides is 1. The van der Waals surface area contributed by atoms with Gasteiger partial charge in [0, 0.05) is 31.7 Å². The minimum Gasteiger partial charge on any atom is -0.373 e. The largest absolute Gasteiger partial charge is 0.373 e. The molecule has 1 saturated heterocycles. The topological polar surface area (TPSA) is 6.48 Å². The number of anilines is 1. The number of likely N-dealkylation sites (tertiary alicyclic amines) is 1. The molecule has 0 aromatic heterocycles. The Morgan fingerprint density at radius 2 is 2.00 bits per heavy atom. The summed E-state index contributed by atoms with van der Waals surface area (Å²) in [5, 5.41) is 0. The fourth-order valence-electron chi connectivity index (χ4n) is 2.61. The van der Waals surface area contributed by atoms with Crippen LogP contribution in [0.1, 0.15) is 24.0 Å². The van der Waals surface area contributed by atoms with E-state index in [4.69, 9.17) is 11.6 Å². The van der Waals surface area contributed by atoms with Crippen LogP contribution in [-0.4, -0.2) is 38.1 Å². The van der Waals surface area contributed by atoms with Crippen molar-refractivity contribution in [1.29, 1.82) is 0 Å². The van der Waals surface area contributed by atoms with E-state index in [0.29, 0.717) is 5.88 Å². The molecular formula is C15H23ClN2. The van der Waals surface area contributed by atoms with Crippen LogP contribution in [0.25, 0.3) is 0 Å². The SMILES string of the molecule is Cc1ccc(N(C)CCN2CCCC2)c(CCl)c1. The van der Waals surface area contributed by atoms with Crippen molar-refractivity contribution in [2.24, 2.45) is 0 Å². The third-order valence-corrected chi connectivity index (χ3v) is 4.03. The summed E-state index contributed by atoms with van der Waals surface area (Å²) < 4.78 is 0. The van der Waals surface area contributed by atoms with E-state index in [1.165, 1.54) is 42.7 Å². The van der Waals surface area contributed by atoms with Crippen molar-refractivity contribution in [3.63, 3.8) is 0 Å². The third-order valence-electron chi connectivity index (χ3n) is 3.74. The number of likely N-dealkylation sites (N-methyl/N-ethyl adjacent to an activating group) is 1. The molecular weight excluding hydrogens is 244 g/mol. The van der Waals surface area contributed by atoms with Crippen molar-refractivity contribution in [2.45, 2.75) is 25.6 Å². The van der Waals surface area contributed by atoms with Gasteiger partial charge in [-0.2, -0.15) is 0 Å². The van der Waals surface area contributed by atoms with Gasteiger partial charge in [0.1, 0.15) is 0 Å². The molecule has 1 fully saturated rings. The third kappa shape index (κ3) is 3.39. The van der Waals surface area contributed by atoms with Gasteiger partial charge in [-0.3, -0.25) is 0 Å². The van der Waals surface area contributed by atoms with E-state index >= 15 is 0 Å². The van der Waals surface area contributed by atoms with Crippen molar-refractivity contribution in [2.75, 3.05) is 38.1 Å². The Morgan fingerprint density at radius 3 is 2.67 bits per heavy atom. The highest BCUT2D eigenvalue weighted by Crippen LogP contribution is 2.22. The standard InChI is InChI=1S/C15H23ClN2/c1-13-5-6-15(14(11-13)12-16)17(2)9-10-18-7-3-4-8-18/h5-6,11H,3-4,7-10,12H2,1-2H3. The Morgan fingerprint density at radius 1 is 1.28 bits per heavy atom. The average Bonchev–Trinajstić information content (AvgIpc) is 2.88. The Kier molecular flexibility index (Phi) is 4.90. The summed E-state index contributed by atoms with van der Waals surface area (Å²) in [5.41, 5.74) is 3.79. The first-order chi connectivity index (χ1) is 8.70. The van der Waals surface area contributed by atoms with E-state index in [2.05, 4.69) is 42.0 Å². The second-order valence-electron chi connectivity index (χ2n) is 5.24. The summed E-state index contributed by atoms with van der Waals surface area (Å²) in [6, 6.07) is 6.55. The Bertz CT molecular complexity index is 386. The minimum absolute atomic E-state index is 0.588. The predicted molar refractivity (Wildman–Crippen MR) is 79.7 cm³/mol. The molecule has 0 aliphatic carbocycles. The summed E-state index contributed by atoms with van der Waals surface area (Å²) in [5.74, 6) is 0.588. The smallest absolute Gasteiger partial charge is 0.0494 e. The Labute approximate surface area is 116 Å². The van der Waals surface area contributed by atoms with Crippen LogP contribution in [0.3, 0.4) is 0 Å². The maximum Gasteiger partial charge on any atom is 0.0494 e. The second kappa shape index (κ2) is 6.44. The van der Waals surface area contributed by atoms with E-state index in [1.54, 1.807) is 0 Å². The fraction of sp³-hybridized carbons (Fsp3) is 0.600. The molecule has 0 bridgehead atoms. The lowest BCUT2D eigenvalue weighted by Gasteiger charge is -2.25. The molecule has 0 unspecified atom stereocenters. The molecule has 2 nitrogen and oxygen atoms in total. The van der Waals surface area contributed by atoms with Gasteiger partial charge in [-0.05, 0) is 44.5 Å². The van der Waals surface area contributed by atoms with E-state index in [-0.39, 0.29) is 0 Å². The predicted octanol–water partition coefficient (Wildman–Crippen LogP) is 3.27. The van der Waals surface area contributed by atoms with Gasteiger partial charge in [-0.15, -0.1) is 11.6 Å². The van der Waals surface area contributed by atoms with Gasteiger partial charge in [-0.1, -0.05) is 17.7 Å². The highest BCUT2D eigenvalue weighted by molar-refractivity contribution is 6.17. The van der Waals surface area contributed by atoms with Crippen molar-refractivity contribution in [1.82, 2.24) is 4.90 Å². The molecule has 1 aromatic carbocycles. The molecule has 1 aromatic rings. The number of benzene rings is 1. The maximum absolute atomic E-state index is 6.04. The summed E-state index contributed by atoms with van der Waals surface area (Å²) in [6.45, 7) is 6.89. The first-order valence-corrected chi connectivity index (χ1v) is 7.33. The van der Waals surface area contributed by atoms with E-state index in [1.807, 2.05) is 0 Å². The summed E-state index contributed by atoms with van der Waals surface area (Å²) in [4.78, 5) is 4.88. The van der Waals surface area contributed by atoms with Gasteiger partial charge in [0.25, 0.3) is 0 Å². The number of nitrogens with zero attached hydrogens (tertiary/aromatic N) is 2. The molecule has 0 saturated carbocycles. The highest BCUT2D eigenvalue weighted by atomic mass is 35.5. The molecule has 2 rings (SSSR count). The van der Waals surface area contributed by atoms with E-state index in [9.17, 15) is 0 Å². The lowest BCUT2D eigenvalue weighted by atomic mass is 10.1. The van der Waals surface area contributed by atoms with Crippen LogP contribution in [0.2, 0.25) is 0 Å². The van der Waals surface area contributed by atoms with Gasteiger partial charge in [-0.25, -0.2) is 0 Å². The summed E-state index contributed by atoms with van der Waals surface area (Å²) in [6.07, 6.45) is 2.72. The molecule has 1 aliphatic rings. The number of rotatable bonds is 5. The number of halogens is 1. The van der Waals surface area contributed by atoms with Gasteiger partial charge in [0.05, 0.1) is 0 Å². The maximum atomic E-state index is 6.04. The Hall–Kier alpha value is -0.730. The van der Waals surface area contributed by atoms with Crippen molar-refractivity contribution in [3.8, 4) is 0 Å². The number of hydrogen-bond acceptors (Lipinski definition) is 2. The molecule has 18 heavy (non-hydrogen) atoms. The quantitative estimate of drug-likeness (QED) is 0.755.